The maximum atomic E-state index is 1.58. The third kappa shape index (κ3) is 1.35. The van der Waals surface area contributed by atoms with E-state index in [-0.39, 0.29) is 0 Å². The first-order chi connectivity index (χ1) is 6.45. The molecular weight excluding hydrogens is 155 g/mol. The third-order valence-corrected chi connectivity index (χ3v) is 5.08. The van der Waals surface area contributed by atoms with E-state index in [0.717, 1.165) is 17.5 Å². The molecule has 3 aliphatic heterocycles. The Hall–Kier alpha value is 0.0649. The van der Waals surface area contributed by atoms with Crippen molar-refractivity contribution in [1.82, 2.24) is 0 Å². The van der Waals surface area contributed by atoms with E-state index in [4.69, 9.17) is 0 Å². The molecule has 1 radical (unpaired) electrons. The van der Waals surface area contributed by atoms with Gasteiger partial charge >= 0.3 is 0 Å². The van der Waals surface area contributed by atoms with Gasteiger partial charge in [-0.05, 0) is 0 Å². The highest BCUT2D eigenvalue weighted by Gasteiger charge is 2.33. The van der Waals surface area contributed by atoms with Crippen molar-refractivity contribution in [2.75, 3.05) is 0 Å². The molecule has 3 heterocycles. The molecule has 3 aliphatic rings. The van der Waals surface area contributed by atoms with E-state index in [0.29, 0.717) is 0 Å². The van der Waals surface area contributed by atoms with Crippen LogP contribution in [0.2, 0.25) is 17.5 Å². The average Bonchev–Trinajstić information content (AvgIpc) is 2.19. The maximum absolute atomic E-state index is 1.58. The Balaban J connectivity index is 1.82. The van der Waals surface area contributed by atoms with Crippen molar-refractivity contribution in [3.63, 3.8) is 0 Å². The smallest absolute Gasteiger partial charge is 0.0590 e. The van der Waals surface area contributed by atoms with E-state index in [1.54, 1.807) is 57.8 Å². The minimum absolute atomic E-state index is 1.16. The van der Waals surface area contributed by atoms with Crippen LogP contribution < -0.4 is 0 Å². The summed E-state index contributed by atoms with van der Waals surface area (Å²) in [6.07, 6.45) is 14.1. The van der Waals surface area contributed by atoms with Crippen LogP contribution >= 0.6 is 0 Å². The Bertz CT molecular complexity index is 144. The van der Waals surface area contributed by atoms with Crippen molar-refractivity contribution in [2.24, 2.45) is 0 Å². The van der Waals surface area contributed by atoms with Gasteiger partial charge in [-0.25, -0.2) is 0 Å². The molecule has 0 unspecified atom stereocenters. The second kappa shape index (κ2) is 3.33. The molecular formula is C12H21B-. The zero-order valence-corrected chi connectivity index (χ0v) is 8.67. The predicted molar refractivity (Wildman–Crippen MR) is 58.6 cm³/mol. The summed E-state index contributed by atoms with van der Waals surface area (Å²) < 4.78 is 0. The Morgan fingerprint density at radius 3 is 1.15 bits per heavy atom. The van der Waals surface area contributed by atoms with E-state index in [9.17, 15) is 0 Å². The quantitative estimate of drug-likeness (QED) is 0.486. The van der Waals surface area contributed by atoms with Crippen LogP contribution in [0.1, 0.15) is 57.8 Å². The first-order valence-electron chi connectivity index (χ1n) is 6.45. The summed E-state index contributed by atoms with van der Waals surface area (Å²) in [6, 6.07) is 0. The standard InChI is InChI=1S/C12H21B/c1-4-10-6-2-8-12-9-3-7-11(5-1)13(10)12/h10-12H,1-9H2/q-1. The normalized spacial score (nSPS) is 45.7. The molecule has 3 fully saturated rings. The van der Waals surface area contributed by atoms with E-state index >= 15 is 0 Å². The van der Waals surface area contributed by atoms with Gasteiger partial charge in [0, 0.05) is 0 Å². The van der Waals surface area contributed by atoms with E-state index < -0.39 is 0 Å². The highest BCUT2D eigenvalue weighted by molar-refractivity contribution is 6.64. The second-order valence-corrected chi connectivity index (χ2v) is 5.65. The fourth-order valence-electron chi connectivity index (χ4n) is 4.67. The molecule has 0 amide bonds. The molecule has 0 N–H and O–H groups in total. The Labute approximate surface area is 82.6 Å². The lowest BCUT2D eigenvalue weighted by Crippen LogP contribution is -2.40. The molecule has 3 rings (SSSR count). The Kier molecular flexibility index (Phi) is 2.15. The predicted octanol–water partition coefficient (Wildman–Crippen LogP) is 4.14. The number of hydrogen-bond donors (Lipinski definition) is 0. The van der Waals surface area contributed by atoms with Crippen molar-refractivity contribution in [2.45, 2.75) is 75.2 Å². The van der Waals surface area contributed by atoms with Gasteiger partial charge < -0.3 is 0 Å². The van der Waals surface area contributed by atoms with Crippen LogP contribution in [0.3, 0.4) is 0 Å². The van der Waals surface area contributed by atoms with Crippen molar-refractivity contribution in [3.05, 3.63) is 0 Å². The summed E-state index contributed by atoms with van der Waals surface area (Å²) >= 11 is 0. The van der Waals surface area contributed by atoms with Crippen LogP contribution in [0.25, 0.3) is 0 Å². The van der Waals surface area contributed by atoms with Crippen LogP contribution in [0.15, 0.2) is 0 Å². The van der Waals surface area contributed by atoms with Gasteiger partial charge in [-0.2, -0.15) is 17.5 Å². The SMILES string of the molecule is C1CC2CCCC3CCCC(C1)[B-]23. The van der Waals surface area contributed by atoms with Crippen molar-refractivity contribution in [3.8, 4) is 0 Å². The highest BCUT2D eigenvalue weighted by Crippen LogP contribution is 2.54. The Morgan fingerprint density at radius 1 is 0.538 bits per heavy atom. The molecule has 0 spiro atoms. The molecule has 0 saturated carbocycles. The zero-order chi connectivity index (χ0) is 8.67. The fourth-order valence-corrected chi connectivity index (χ4v) is 4.67. The van der Waals surface area contributed by atoms with Gasteiger partial charge in [-0.3, -0.25) is 0 Å². The van der Waals surface area contributed by atoms with Crippen molar-refractivity contribution in [1.29, 1.82) is 0 Å². The van der Waals surface area contributed by atoms with Crippen LogP contribution in [0.5, 0.6) is 0 Å². The molecule has 0 aliphatic carbocycles. The summed E-state index contributed by atoms with van der Waals surface area (Å²) in [5, 5.41) is 0. The lowest BCUT2D eigenvalue weighted by molar-refractivity contribution is 0.400. The summed E-state index contributed by atoms with van der Waals surface area (Å²) in [7, 11) is 0. The third-order valence-electron chi connectivity index (χ3n) is 5.08. The van der Waals surface area contributed by atoms with Gasteiger partial charge in [-0.1, -0.05) is 57.8 Å². The van der Waals surface area contributed by atoms with E-state index in [1.165, 1.54) is 6.71 Å². The van der Waals surface area contributed by atoms with Crippen LogP contribution in [-0.4, -0.2) is 6.71 Å². The average molecular weight is 176 g/mol. The number of hydrogen-bond acceptors (Lipinski definition) is 0. The molecule has 0 nitrogen and oxygen atoms in total. The molecule has 0 atom stereocenters. The summed E-state index contributed by atoms with van der Waals surface area (Å²) in [4.78, 5) is 0. The van der Waals surface area contributed by atoms with Gasteiger partial charge in [0.2, 0.25) is 0 Å². The first-order valence-corrected chi connectivity index (χ1v) is 6.45. The van der Waals surface area contributed by atoms with E-state index in [2.05, 4.69) is 0 Å². The summed E-state index contributed by atoms with van der Waals surface area (Å²) in [6.45, 7) is 1.19. The molecule has 13 heavy (non-hydrogen) atoms. The zero-order valence-electron chi connectivity index (χ0n) is 8.67. The lowest BCUT2D eigenvalue weighted by Gasteiger charge is -2.58. The van der Waals surface area contributed by atoms with Crippen LogP contribution in [0.4, 0.5) is 0 Å². The highest BCUT2D eigenvalue weighted by atomic mass is 14.3. The molecule has 0 aromatic carbocycles. The second-order valence-electron chi connectivity index (χ2n) is 5.65. The molecule has 1 heteroatoms. The van der Waals surface area contributed by atoms with Gasteiger partial charge in [0.1, 0.15) is 0 Å². The van der Waals surface area contributed by atoms with Crippen LogP contribution in [0, 0.1) is 0 Å². The lowest BCUT2D eigenvalue weighted by atomic mass is 9.20. The van der Waals surface area contributed by atoms with Gasteiger partial charge in [-0.15, -0.1) is 6.71 Å². The van der Waals surface area contributed by atoms with Gasteiger partial charge in [0.05, 0.1) is 0 Å². The fraction of sp³-hybridized carbons (Fsp3) is 1.00. The monoisotopic (exact) mass is 176 g/mol. The maximum Gasteiger partial charge on any atom is -0.0590 e. The summed E-state index contributed by atoms with van der Waals surface area (Å²) in [5.74, 6) is 3.49. The summed E-state index contributed by atoms with van der Waals surface area (Å²) in [5.41, 5.74) is 0. The molecule has 0 aromatic heterocycles. The van der Waals surface area contributed by atoms with Crippen molar-refractivity contribution >= 4 is 6.71 Å². The van der Waals surface area contributed by atoms with Gasteiger partial charge in [0.15, 0.2) is 0 Å². The largest absolute Gasteiger partial charge is 0.196 e. The number of rotatable bonds is 0. The Morgan fingerprint density at radius 2 is 0.846 bits per heavy atom. The molecule has 0 aromatic rings. The topological polar surface area (TPSA) is 0 Å². The molecule has 3 saturated heterocycles. The molecule has 73 valence electrons. The van der Waals surface area contributed by atoms with Crippen LogP contribution in [-0.2, 0) is 0 Å². The van der Waals surface area contributed by atoms with E-state index in [1.807, 2.05) is 0 Å². The molecule has 0 bridgehead atoms. The minimum atomic E-state index is 1.16. The minimum Gasteiger partial charge on any atom is -0.196 e. The van der Waals surface area contributed by atoms with Crippen molar-refractivity contribution < 1.29 is 0 Å². The van der Waals surface area contributed by atoms with Gasteiger partial charge in [0.25, 0.3) is 0 Å². The first kappa shape index (κ1) is 8.38.